The van der Waals surface area contributed by atoms with Crippen molar-refractivity contribution in [1.82, 2.24) is 5.32 Å². The SMILES string of the molecule is CCCCOP(=O)(CCCCC1(C(=O)NCCC)c2cc(F)ccc2-c2ccc(F)cc21)OCCCC. The van der Waals surface area contributed by atoms with Crippen molar-refractivity contribution in [1.29, 1.82) is 0 Å². The average molecular weight is 536 g/mol. The van der Waals surface area contributed by atoms with Crippen LogP contribution in [0.4, 0.5) is 8.78 Å². The topological polar surface area (TPSA) is 64.6 Å². The summed E-state index contributed by atoms with van der Waals surface area (Å²) in [5.74, 6) is -1.16. The molecule has 1 aliphatic rings. The van der Waals surface area contributed by atoms with Crippen LogP contribution in [0.15, 0.2) is 36.4 Å². The first kappa shape index (κ1) is 29.5. The second-order valence-electron chi connectivity index (χ2n) is 9.71. The van der Waals surface area contributed by atoms with Gasteiger partial charge >= 0.3 is 7.60 Å². The number of nitrogens with one attached hydrogen (secondary N) is 1. The van der Waals surface area contributed by atoms with Crippen LogP contribution < -0.4 is 5.32 Å². The molecule has 3 rings (SSSR count). The summed E-state index contributed by atoms with van der Waals surface area (Å²) in [6.45, 7) is 7.25. The van der Waals surface area contributed by atoms with E-state index in [1.807, 2.05) is 20.8 Å². The van der Waals surface area contributed by atoms with Crippen LogP contribution in [0.1, 0.15) is 83.3 Å². The first-order valence-electron chi connectivity index (χ1n) is 13.6. The Bertz CT molecular complexity index is 1040. The Morgan fingerprint density at radius 3 is 1.86 bits per heavy atom. The molecule has 2 aromatic rings. The summed E-state index contributed by atoms with van der Waals surface area (Å²) in [5, 5.41) is 2.97. The lowest BCUT2D eigenvalue weighted by molar-refractivity contribution is -0.125. The van der Waals surface area contributed by atoms with E-state index in [-0.39, 0.29) is 12.1 Å². The third-order valence-electron chi connectivity index (χ3n) is 6.90. The van der Waals surface area contributed by atoms with E-state index in [1.165, 1.54) is 24.3 Å². The van der Waals surface area contributed by atoms with Crippen molar-refractivity contribution in [2.75, 3.05) is 25.9 Å². The number of amides is 1. The molecule has 1 N–H and O–H groups in total. The highest BCUT2D eigenvalue weighted by Crippen LogP contribution is 2.53. The van der Waals surface area contributed by atoms with Gasteiger partial charge in [0.05, 0.1) is 19.4 Å². The van der Waals surface area contributed by atoms with E-state index >= 15 is 0 Å². The maximum Gasteiger partial charge on any atom is 0.330 e. The van der Waals surface area contributed by atoms with Crippen LogP contribution in [0.2, 0.25) is 0 Å². The van der Waals surface area contributed by atoms with E-state index in [9.17, 15) is 18.1 Å². The Kier molecular flexibility index (Phi) is 10.9. The summed E-state index contributed by atoms with van der Waals surface area (Å²) in [6.07, 6.45) is 5.74. The molecule has 0 radical (unpaired) electrons. The number of unbranched alkanes of at least 4 members (excludes halogenated alkanes) is 3. The monoisotopic (exact) mass is 535 g/mol. The molecule has 37 heavy (non-hydrogen) atoms. The van der Waals surface area contributed by atoms with Crippen molar-refractivity contribution in [3.63, 3.8) is 0 Å². The van der Waals surface area contributed by atoms with Crippen LogP contribution >= 0.6 is 7.60 Å². The summed E-state index contributed by atoms with van der Waals surface area (Å²) in [4.78, 5) is 13.8. The van der Waals surface area contributed by atoms with E-state index in [0.717, 1.165) is 43.2 Å². The number of fused-ring (bicyclic) bond motifs is 3. The zero-order valence-electron chi connectivity index (χ0n) is 22.3. The lowest BCUT2D eigenvalue weighted by Gasteiger charge is -2.31. The minimum Gasteiger partial charge on any atom is -0.355 e. The minimum absolute atomic E-state index is 0.235. The van der Waals surface area contributed by atoms with Crippen LogP contribution in [0, 0.1) is 11.6 Å². The Hall–Kier alpha value is -2.08. The Balaban J connectivity index is 1.88. The fourth-order valence-electron chi connectivity index (χ4n) is 4.93. The van der Waals surface area contributed by atoms with Crippen LogP contribution in [-0.2, 0) is 23.8 Å². The normalized spacial score (nSPS) is 13.9. The first-order valence-corrected chi connectivity index (χ1v) is 15.3. The molecule has 0 unspecified atom stereocenters. The van der Waals surface area contributed by atoms with Crippen molar-refractivity contribution in [3.05, 3.63) is 59.2 Å². The van der Waals surface area contributed by atoms with Crippen LogP contribution in [0.3, 0.4) is 0 Å². The number of carbonyl (C=O) groups excluding carboxylic acids is 1. The molecule has 0 saturated heterocycles. The van der Waals surface area contributed by atoms with E-state index < -0.39 is 24.6 Å². The zero-order chi connectivity index (χ0) is 26.9. The highest BCUT2D eigenvalue weighted by atomic mass is 31.2. The van der Waals surface area contributed by atoms with Gasteiger partial charge in [-0.25, -0.2) is 8.78 Å². The van der Waals surface area contributed by atoms with E-state index in [4.69, 9.17) is 9.05 Å². The smallest absolute Gasteiger partial charge is 0.330 e. The van der Waals surface area contributed by atoms with Crippen LogP contribution in [0.25, 0.3) is 11.1 Å². The number of halogens is 2. The number of hydrogen-bond acceptors (Lipinski definition) is 4. The van der Waals surface area contributed by atoms with Gasteiger partial charge in [-0.3, -0.25) is 9.36 Å². The van der Waals surface area contributed by atoms with Gasteiger partial charge in [-0.05, 0) is 78.6 Å². The average Bonchev–Trinajstić information content (AvgIpc) is 3.14. The van der Waals surface area contributed by atoms with Crippen molar-refractivity contribution in [3.8, 4) is 11.1 Å². The Morgan fingerprint density at radius 1 is 0.838 bits per heavy atom. The van der Waals surface area contributed by atoms with Gasteiger partial charge in [-0.1, -0.05) is 52.2 Å². The second kappa shape index (κ2) is 13.6. The Morgan fingerprint density at radius 2 is 1.38 bits per heavy atom. The molecule has 5 nitrogen and oxygen atoms in total. The third kappa shape index (κ3) is 6.87. The summed E-state index contributed by atoms with van der Waals surface area (Å²) in [6, 6.07) is 8.84. The third-order valence-corrected chi connectivity index (χ3v) is 8.92. The number of benzene rings is 2. The molecule has 0 saturated carbocycles. The highest BCUT2D eigenvalue weighted by molar-refractivity contribution is 7.53. The highest BCUT2D eigenvalue weighted by Gasteiger charge is 2.49. The molecule has 0 fully saturated rings. The molecule has 8 heteroatoms. The molecule has 0 bridgehead atoms. The lowest BCUT2D eigenvalue weighted by atomic mass is 9.73. The standard InChI is InChI=1S/C29H40F2NO4P/c1-4-7-17-35-37(34,36-18-8-5-2)19-10-9-15-29(28(33)32-16-6-3)26-20-22(30)11-13-24(26)25-14-12-23(31)21-27(25)29/h11-14,20-21H,4-10,15-19H2,1-3H3,(H,32,33). The summed E-state index contributed by atoms with van der Waals surface area (Å²) in [5.41, 5.74) is 1.32. The van der Waals surface area contributed by atoms with Crippen molar-refractivity contribution in [2.24, 2.45) is 0 Å². The molecule has 0 aromatic heterocycles. The van der Waals surface area contributed by atoms with Gasteiger partial charge in [-0.2, -0.15) is 0 Å². The number of carbonyl (C=O) groups is 1. The molecule has 1 aliphatic carbocycles. The van der Waals surface area contributed by atoms with Gasteiger partial charge in [0.25, 0.3) is 0 Å². The zero-order valence-corrected chi connectivity index (χ0v) is 23.2. The van der Waals surface area contributed by atoms with Crippen molar-refractivity contribution in [2.45, 2.75) is 77.6 Å². The van der Waals surface area contributed by atoms with Crippen molar-refractivity contribution < 1.29 is 27.2 Å². The van der Waals surface area contributed by atoms with Gasteiger partial charge in [0.15, 0.2) is 0 Å². The van der Waals surface area contributed by atoms with Crippen LogP contribution in [0.5, 0.6) is 0 Å². The maximum absolute atomic E-state index is 14.5. The largest absolute Gasteiger partial charge is 0.355 e. The minimum atomic E-state index is -3.27. The molecule has 2 aromatic carbocycles. The molecular weight excluding hydrogens is 495 g/mol. The van der Waals surface area contributed by atoms with Gasteiger partial charge < -0.3 is 14.4 Å². The molecule has 0 spiro atoms. The molecular formula is C29H40F2NO4P. The fourth-order valence-corrected chi connectivity index (χ4v) is 6.69. The van der Waals surface area contributed by atoms with E-state index in [1.54, 1.807) is 12.1 Å². The van der Waals surface area contributed by atoms with E-state index in [2.05, 4.69) is 5.32 Å². The maximum atomic E-state index is 14.5. The lowest BCUT2D eigenvalue weighted by Crippen LogP contribution is -2.44. The number of hydrogen-bond donors (Lipinski definition) is 1. The fraction of sp³-hybridized carbons (Fsp3) is 0.552. The second-order valence-corrected chi connectivity index (χ2v) is 11.9. The quantitative estimate of drug-likeness (QED) is 0.176. The molecule has 0 aliphatic heterocycles. The van der Waals surface area contributed by atoms with Gasteiger partial charge in [0.2, 0.25) is 5.91 Å². The van der Waals surface area contributed by atoms with Gasteiger partial charge in [-0.15, -0.1) is 0 Å². The summed E-state index contributed by atoms with van der Waals surface area (Å²) < 4.78 is 53.8. The Labute approximate surface area is 219 Å². The predicted octanol–water partition coefficient (Wildman–Crippen LogP) is 7.75. The summed E-state index contributed by atoms with van der Waals surface area (Å²) in [7, 11) is -3.27. The van der Waals surface area contributed by atoms with Crippen LogP contribution in [-0.4, -0.2) is 31.8 Å². The van der Waals surface area contributed by atoms with Gasteiger partial charge in [0, 0.05) is 6.54 Å². The first-order chi connectivity index (χ1) is 17.8. The summed E-state index contributed by atoms with van der Waals surface area (Å²) >= 11 is 0. The van der Waals surface area contributed by atoms with Gasteiger partial charge in [0.1, 0.15) is 17.0 Å². The molecule has 204 valence electrons. The predicted molar refractivity (Wildman–Crippen MR) is 144 cm³/mol. The van der Waals surface area contributed by atoms with Crippen molar-refractivity contribution >= 4 is 13.5 Å². The van der Waals surface area contributed by atoms with E-state index in [0.29, 0.717) is 50.1 Å². The molecule has 1 amide bonds. The number of rotatable bonds is 16. The molecule has 0 heterocycles. The molecule has 0 atom stereocenters.